The number of nitro groups is 1. The number of carbonyl (C=O) groups is 1. The smallest absolute Gasteiger partial charge is 0.444 e. The van der Waals surface area contributed by atoms with Crippen LogP contribution in [0.5, 0.6) is 0 Å². The highest BCUT2D eigenvalue weighted by molar-refractivity contribution is 9.10. The predicted octanol–water partition coefficient (Wildman–Crippen LogP) is 6.09. The molecular weight excluding hydrogens is 523 g/mol. The summed E-state index contributed by atoms with van der Waals surface area (Å²) in [6.07, 6.45) is 4.20. The van der Waals surface area contributed by atoms with Crippen molar-refractivity contribution in [1.82, 2.24) is 4.90 Å². The first-order valence-electron chi connectivity index (χ1n) is 11.0. The van der Waals surface area contributed by atoms with Crippen LogP contribution >= 0.6 is 28.6 Å². The minimum absolute atomic E-state index is 0.0995. The minimum atomic E-state index is -0.465. The van der Waals surface area contributed by atoms with Gasteiger partial charge in [-0.1, -0.05) is 18.2 Å². The zero-order valence-corrected chi connectivity index (χ0v) is 23.7. The van der Waals surface area contributed by atoms with Gasteiger partial charge in [-0.15, -0.1) is 0 Å². The SMILES string of the molecule is CC(C)(C)OC(=O)N1CC=C(B2OC(C)(C)C(C)(C)O2)CC1.CS.O=[N+]([O-])c1ccccc1Br. The van der Waals surface area contributed by atoms with Gasteiger partial charge in [0.05, 0.1) is 20.6 Å². The molecule has 1 amide bonds. The van der Waals surface area contributed by atoms with Gasteiger partial charge in [0, 0.05) is 19.2 Å². The molecule has 0 aromatic heterocycles. The first-order valence-corrected chi connectivity index (χ1v) is 12.7. The quantitative estimate of drug-likeness (QED) is 0.204. The Morgan fingerprint density at radius 3 is 2.09 bits per heavy atom. The fourth-order valence-electron chi connectivity index (χ4n) is 2.99. The summed E-state index contributed by atoms with van der Waals surface area (Å²) >= 11 is 6.58. The van der Waals surface area contributed by atoms with Crippen LogP contribution in [0.15, 0.2) is 40.3 Å². The standard InChI is InChI=1S/C16H28BNO4.C6H4BrNO2.CH4S/c1-14(2,3)20-13(19)18-10-8-12(9-11-18)17-21-15(4,5)16(6,7)22-17;7-5-3-1-2-4-6(5)8(9)10;1-2/h8H,9-11H2,1-7H3;1-4H;2H,1H3. The molecule has 3 rings (SSSR count). The van der Waals surface area contributed by atoms with Crippen molar-refractivity contribution in [3.63, 3.8) is 0 Å². The fraction of sp³-hybridized carbons (Fsp3) is 0.609. The van der Waals surface area contributed by atoms with Gasteiger partial charge in [-0.3, -0.25) is 10.1 Å². The molecule has 0 unspecified atom stereocenters. The second-order valence-corrected chi connectivity index (χ2v) is 10.6. The molecule has 0 radical (unpaired) electrons. The average molecular weight is 559 g/mol. The van der Waals surface area contributed by atoms with Crippen LogP contribution in [-0.2, 0) is 14.0 Å². The fourth-order valence-corrected chi connectivity index (χ4v) is 3.42. The van der Waals surface area contributed by atoms with Crippen LogP contribution < -0.4 is 0 Å². The van der Waals surface area contributed by atoms with E-state index in [0.29, 0.717) is 17.6 Å². The minimum Gasteiger partial charge on any atom is -0.444 e. The summed E-state index contributed by atoms with van der Waals surface area (Å²) in [5.41, 5.74) is 0.0787. The summed E-state index contributed by atoms with van der Waals surface area (Å²) < 4.78 is 18.0. The van der Waals surface area contributed by atoms with Crippen molar-refractivity contribution in [3.8, 4) is 0 Å². The van der Waals surface area contributed by atoms with Crippen LogP contribution in [-0.4, -0.2) is 59.2 Å². The topological polar surface area (TPSA) is 91.1 Å². The van der Waals surface area contributed by atoms with E-state index in [1.165, 1.54) is 6.07 Å². The first-order chi connectivity index (χ1) is 15.6. The Morgan fingerprint density at radius 2 is 1.71 bits per heavy atom. The molecule has 0 spiro atoms. The van der Waals surface area contributed by atoms with Gasteiger partial charge in [-0.05, 0) is 88.6 Å². The number of rotatable bonds is 2. The van der Waals surface area contributed by atoms with E-state index in [1.807, 2.05) is 54.5 Å². The van der Waals surface area contributed by atoms with Crippen molar-refractivity contribution < 1.29 is 23.8 Å². The lowest BCUT2D eigenvalue weighted by Gasteiger charge is -2.32. The molecule has 8 nitrogen and oxygen atoms in total. The summed E-state index contributed by atoms with van der Waals surface area (Å²) in [5, 5.41) is 10.2. The average Bonchev–Trinajstić information content (AvgIpc) is 2.96. The summed E-state index contributed by atoms with van der Waals surface area (Å²) in [5.74, 6) is 0. The lowest BCUT2D eigenvalue weighted by atomic mass is 9.75. The molecule has 11 heteroatoms. The molecule has 1 aromatic carbocycles. The number of nitrogens with zero attached hydrogens (tertiary/aromatic N) is 2. The highest BCUT2D eigenvalue weighted by atomic mass is 79.9. The Kier molecular flexibility index (Phi) is 11.1. The molecule has 0 atom stereocenters. The van der Waals surface area contributed by atoms with Crippen molar-refractivity contribution in [2.45, 2.75) is 71.7 Å². The van der Waals surface area contributed by atoms with Crippen LogP contribution in [0.1, 0.15) is 54.9 Å². The molecule has 2 aliphatic heterocycles. The van der Waals surface area contributed by atoms with Crippen LogP contribution in [0.4, 0.5) is 10.5 Å². The molecule has 2 heterocycles. The van der Waals surface area contributed by atoms with Crippen LogP contribution in [0, 0.1) is 10.1 Å². The molecule has 190 valence electrons. The Morgan fingerprint density at radius 1 is 1.18 bits per heavy atom. The van der Waals surface area contributed by atoms with Gasteiger partial charge in [-0.2, -0.15) is 12.6 Å². The third-order valence-corrected chi connectivity index (χ3v) is 6.17. The van der Waals surface area contributed by atoms with Gasteiger partial charge in [-0.25, -0.2) is 4.79 Å². The van der Waals surface area contributed by atoms with Gasteiger partial charge < -0.3 is 18.9 Å². The van der Waals surface area contributed by atoms with E-state index in [9.17, 15) is 14.9 Å². The summed E-state index contributed by atoms with van der Waals surface area (Å²) in [7, 11) is -0.314. The van der Waals surface area contributed by atoms with Crippen molar-refractivity contribution in [2.24, 2.45) is 0 Å². The van der Waals surface area contributed by atoms with E-state index in [2.05, 4.69) is 28.6 Å². The number of ether oxygens (including phenoxy) is 1. The molecule has 0 aliphatic carbocycles. The molecular formula is C23H36BBrN2O6S. The molecule has 1 fully saturated rings. The zero-order valence-electron chi connectivity index (χ0n) is 21.3. The van der Waals surface area contributed by atoms with Gasteiger partial charge >= 0.3 is 13.2 Å². The third-order valence-electron chi connectivity index (χ3n) is 5.50. The maximum atomic E-state index is 12.1. The number of carbonyl (C=O) groups excluding carboxylic acids is 1. The summed E-state index contributed by atoms with van der Waals surface area (Å²) in [6.45, 7) is 15.0. The molecule has 2 aliphatic rings. The highest BCUT2D eigenvalue weighted by Gasteiger charge is 2.52. The summed E-state index contributed by atoms with van der Waals surface area (Å²) in [4.78, 5) is 23.5. The largest absolute Gasteiger partial charge is 0.490 e. The van der Waals surface area contributed by atoms with E-state index in [-0.39, 0.29) is 30.1 Å². The van der Waals surface area contributed by atoms with E-state index >= 15 is 0 Å². The number of nitro benzene ring substituents is 1. The second kappa shape index (κ2) is 12.4. The predicted molar refractivity (Wildman–Crippen MR) is 142 cm³/mol. The van der Waals surface area contributed by atoms with Crippen molar-refractivity contribution >= 4 is 47.5 Å². The van der Waals surface area contributed by atoms with Crippen molar-refractivity contribution in [2.75, 3.05) is 19.3 Å². The van der Waals surface area contributed by atoms with Gasteiger partial charge in [0.25, 0.3) is 5.69 Å². The lowest BCUT2D eigenvalue weighted by Crippen LogP contribution is -2.41. The number of halogens is 1. The maximum absolute atomic E-state index is 12.1. The number of amides is 1. The molecule has 1 saturated heterocycles. The normalized spacial score (nSPS) is 18.6. The van der Waals surface area contributed by atoms with Gasteiger partial charge in [0.2, 0.25) is 0 Å². The Hall–Kier alpha value is -1.56. The van der Waals surface area contributed by atoms with E-state index in [0.717, 1.165) is 11.9 Å². The zero-order chi connectivity index (χ0) is 26.3. The molecule has 0 bridgehead atoms. The Labute approximate surface area is 217 Å². The monoisotopic (exact) mass is 558 g/mol. The maximum Gasteiger partial charge on any atom is 0.490 e. The Balaban J connectivity index is 0.000000402. The number of para-hydroxylation sites is 1. The van der Waals surface area contributed by atoms with Crippen LogP contribution in [0.25, 0.3) is 0 Å². The summed E-state index contributed by atoms with van der Waals surface area (Å²) in [6, 6.07) is 6.45. The number of thiol groups is 1. The van der Waals surface area contributed by atoms with Gasteiger partial charge in [0.1, 0.15) is 5.60 Å². The van der Waals surface area contributed by atoms with E-state index < -0.39 is 10.5 Å². The molecule has 34 heavy (non-hydrogen) atoms. The molecule has 0 saturated carbocycles. The second-order valence-electron chi connectivity index (χ2n) is 9.75. The van der Waals surface area contributed by atoms with E-state index in [4.69, 9.17) is 14.0 Å². The molecule has 1 aromatic rings. The third kappa shape index (κ3) is 8.59. The highest BCUT2D eigenvalue weighted by Crippen LogP contribution is 2.39. The van der Waals surface area contributed by atoms with Crippen LogP contribution in [0.2, 0.25) is 0 Å². The van der Waals surface area contributed by atoms with Crippen molar-refractivity contribution in [1.29, 1.82) is 0 Å². The van der Waals surface area contributed by atoms with Crippen LogP contribution in [0.3, 0.4) is 0 Å². The van der Waals surface area contributed by atoms with Crippen molar-refractivity contribution in [3.05, 3.63) is 50.4 Å². The number of benzene rings is 1. The van der Waals surface area contributed by atoms with E-state index in [1.54, 1.807) is 29.4 Å². The number of hydrogen-bond donors (Lipinski definition) is 1. The molecule has 0 N–H and O–H groups in total. The Bertz CT molecular complexity index is 872. The number of hydrogen-bond acceptors (Lipinski definition) is 7. The lowest BCUT2D eigenvalue weighted by molar-refractivity contribution is -0.385. The first kappa shape index (κ1) is 30.5. The van der Waals surface area contributed by atoms with Gasteiger partial charge in [0.15, 0.2) is 0 Å².